The van der Waals surface area contributed by atoms with Gasteiger partial charge in [-0.05, 0) is 82.2 Å². The molecule has 0 saturated carbocycles. The molecule has 0 atom stereocenters. The van der Waals surface area contributed by atoms with Crippen molar-refractivity contribution in [2.75, 3.05) is 18.5 Å². The molecule has 37 heavy (non-hydrogen) atoms. The Bertz CT molecular complexity index is 1370. The van der Waals surface area contributed by atoms with E-state index >= 15 is 0 Å². The van der Waals surface area contributed by atoms with Crippen LogP contribution in [0.3, 0.4) is 0 Å². The summed E-state index contributed by atoms with van der Waals surface area (Å²) in [5.41, 5.74) is 2.14. The largest absolute Gasteiger partial charge is 0.490 e. The minimum Gasteiger partial charge on any atom is -0.490 e. The summed E-state index contributed by atoms with van der Waals surface area (Å²) >= 11 is 10.1. The molecule has 1 saturated heterocycles. The lowest BCUT2D eigenvalue weighted by Gasteiger charge is -2.13. The quantitative estimate of drug-likeness (QED) is 0.273. The molecule has 1 aliphatic heterocycles. The van der Waals surface area contributed by atoms with Crippen LogP contribution in [0.5, 0.6) is 11.5 Å². The lowest BCUT2D eigenvalue weighted by molar-refractivity contribution is -0.127. The zero-order chi connectivity index (χ0) is 26.4. The number of amides is 3. The molecule has 0 unspecified atom stereocenters. The predicted molar refractivity (Wildman–Crippen MR) is 149 cm³/mol. The Balaban J connectivity index is 1.44. The second-order valence-corrected chi connectivity index (χ2v) is 10.1. The fraction of sp³-hybridized carbons (Fsp3) is 0.148. The average molecular weight is 602 g/mol. The molecule has 1 fully saturated rings. The van der Waals surface area contributed by atoms with Gasteiger partial charge in [-0.2, -0.15) is 0 Å². The highest BCUT2D eigenvalue weighted by Crippen LogP contribution is 2.35. The SMILES string of the molecule is CCOc1cc(/C=C2/SC(=O)N(CC(=O)Nc3ccc(Br)c(Cl)c3)C2=O)ccc1OCc1ccccc1. The van der Waals surface area contributed by atoms with Crippen LogP contribution in [-0.2, 0) is 16.2 Å². The van der Waals surface area contributed by atoms with Gasteiger partial charge in [-0.15, -0.1) is 0 Å². The van der Waals surface area contributed by atoms with Crippen molar-refractivity contribution in [3.8, 4) is 11.5 Å². The van der Waals surface area contributed by atoms with E-state index in [0.29, 0.717) is 45.5 Å². The third-order valence-corrected chi connectivity index (χ3v) is 7.32. The van der Waals surface area contributed by atoms with Gasteiger partial charge in [-0.25, -0.2) is 0 Å². The van der Waals surface area contributed by atoms with Crippen LogP contribution in [-0.4, -0.2) is 35.1 Å². The fourth-order valence-electron chi connectivity index (χ4n) is 3.44. The number of imide groups is 1. The van der Waals surface area contributed by atoms with Gasteiger partial charge in [0.2, 0.25) is 5.91 Å². The first-order chi connectivity index (χ1) is 17.8. The van der Waals surface area contributed by atoms with Crippen LogP contribution in [0.4, 0.5) is 10.5 Å². The first-order valence-corrected chi connectivity index (χ1v) is 13.3. The van der Waals surface area contributed by atoms with Crippen LogP contribution in [0, 0.1) is 0 Å². The molecule has 0 aromatic heterocycles. The number of rotatable bonds is 9. The van der Waals surface area contributed by atoms with E-state index in [1.807, 2.05) is 37.3 Å². The van der Waals surface area contributed by atoms with Crippen molar-refractivity contribution in [1.82, 2.24) is 4.90 Å². The van der Waals surface area contributed by atoms with E-state index in [1.54, 1.807) is 42.5 Å². The Hall–Kier alpha value is -3.27. The van der Waals surface area contributed by atoms with Crippen molar-refractivity contribution in [3.63, 3.8) is 0 Å². The molecule has 0 aliphatic carbocycles. The summed E-state index contributed by atoms with van der Waals surface area (Å²) in [6.07, 6.45) is 1.60. The minimum atomic E-state index is -0.540. The van der Waals surface area contributed by atoms with Crippen LogP contribution in [0.1, 0.15) is 18.1 Å². The first kappa shape index (κ1) is 26.8. The Labute approximate surface area is 231 Å². The topological polar surface area (TPSA) is 84.9 Å². The molecule has 3 amide bonds. The zero-order valence-electron chi connectivity index (χ0n) is 19.7. The summed E-state index contributed by atoms with van der Waals surface area (Å²) in [7, 11) is 0. The molecular formula is C27H22BrClN2O5S. The summed E-state index contributed by atoms with van der Waals surface area (Å²) < 4.78 is 12.3. The van der Waals surface area contributed by atoms with Crippen LogP contribution in [0.15, 0.2) is 76.1 Å². The van der Waals surface area contributed by atoms with Crippen molar-refractivity contribution >= 4 is 68.1 Å². The van der Waals surface area contributed by atoms with E-state index in [9.17, 15) is 14.4 Å². The molecule has 190 valence electrons. The van der Waals surface area contributed by atoms with E-state index in [-0.39, 0.29) is 4.91 Å². The van der Waals surface area contributed by atoms with Gasteiger partial charge < -0.3 is 14.8 Å². The average Bonchev–Trinajstić information content (AvgIpc) is 3.14. The molecule has 0 spiro atoms. The number of thioether (sulfide) groups is 1. The second kappa shape index (κ2) is 12.3. The summed E-state index contributed by atoms with van der Waals surface area (Å²) in [4.78, 5) is 39.0. The number of anilines is 1. The molecule has 1 aliphatic rings. The van der Waals surface area contributed by atoms with Crippen molar-refractivity contribution in [2.24, 2.45) is 0 Å². The summed E-state index contributed by atoms with van der Waals surface area (Å²) in [5.74, 6) is 0.0430. The van der Waals surface area contributed by atoms with Gasteiger partial charge in [-0.1, -0.05) is 48.0 Å². The number of carbonyl (C=O) groups is 3. The van der Waals surface area contributed by atoms with Crippen LogP contribution in [0.25, 0.3) is 6.08 Å². The maximum absolute atomic E-state index is 12.9. The summed E-state index contributed by atoms with van der Waals surface area (Å²) in [6.45, 7) is 2.27. The maximum atomic E-state index is 12.9. The summed E-state index contributed by atoms with van der Waals surface area (Å²) in [5, 5.41) is 2.55. The zero-order valence-corrected chi connectivity index (χ0v) is 22.9. The smallest absolute Gasteiger partial charge is 0.294 e. The first-order valence-electron chi connectivity index (χ1n) is 11.3. The highest BCUT2D eigenvalue weighted by Gasteiger charge is 2.36. The van der Waals surface area contributed by atoms with Gasteiger partial charge in [0, 0.05) is 10.2 Å². The second-order valence-electron chi connectivity index (χ2n) is 7.86. The van der Waals surface area contributed by atoms with E-state index < -0.39 is 23.6 Å². The van der Waals surface area contributed by atoms with Crippen LogP contribution >= 0.6 is 39.3 Å². The summed E-state index contributed by atoms with van der Waals surface area (Å²) in [6, 6.07) is 20.0. The van der Waals surface area contributed by atoms with E-state index in [0.717, 1.165) is 22.2 Å². The number of halogens is 2. The van der Waals surface area contributed by atoms with Gasteiger partial charge in [0.15, 0.2) is 11.5 Å². The molecule has 1 N–H and O–H groups in total. The molecule has 0 bridgehead atoms. The molecule has 0 radical (unpaired) electrons. The number of hydrogen-bond acceptors (Lipinski definition) is 6. The molecule has 1 heterocycles. The predicted octanol–water partition coefficient (Wildman–Crippen LogP) is 6.76. The molecule has 3 aromatic rings. The van der Waals surface area contributed by atoms with Crippen molar-refractivity contribution < 1.29 is 23.9 Å². The highest BCUT2D eigenvalue weighted by atomic mass is 79.9. The molecule has 3 aromatic carbocycles. The highest BCUT2D eigenvalue weighted by molar-refractivity contribution is 9.10. The van der Waals surface area contributed by atoms with Gasteiger partial charge in [0.05, 0.1) is 16.5 Å². The number of nitrogens with one attached hydrogen (secondary N) is 1. The van der Waals surface area contributed by atoms with Crippen LogP contribution < -0.4 is 14.8 Å². The Kier molecular flexibility index (Phi) is 8.91. The monoisotopic (exact) mass is 600 g/mol. The fourth-order valence-corrected chi connectivity index (χ4v) is 4.71. The number of carbonyl (C=O) groups excluding carboxylic acids is 3. The lowest BCUT2D eigenvalue weighted by Crippen LogP contribution is -2.36. The van der Waals surface area contributed by atoms with Crippen molar-refractivity contribution in [2.45, 2.75) is 13.5 Å². The number of ether oxygens (including phenoxy) is 2. The van der Waals surface area contributed by atoms with Crippen LogP contribution in [0.2, 0.25) is 5.02 Å². The Morgan fingerprint density at radius 3 is 2.57 bits per heavy atom. The molecular weight excluding hydrogens is 580 g/mol. The third-order valence-electron chi connectivity index (χ3n) is 5.18. The minimum absolute atomic E-state index is 0.213. The van der Waals surface area contributed by atoms with Crippen molar-refractivity contribution in [3.05, 3.63) is 92.3 Å². The van der Waals surface area contributed by atoms with Gasteiger partial charge in [0.25, 0.3) is 11.1 Å². The van der Waals surface area contributed by atoms with Gasteiger partial charge in [0.1, 0.15) is 13.2 Å². The van der Waals surface area contributed by atoms with E-state index in [1.165, 1.54) is 0 Å². The molecule has 4 rings (SSSR count). The molecule has 7 nitrogen and oxygen atoms in total. The third kappa shape index (κ3) is 6.94. The standard InChI is InChI=1S/C27H22BrClN2O5S/c1-2-35-23-12-18(8-11-22(23)36-16-17-6-4-3-5-7-17)13-24-26(33)31(27(34)37-24)15-25(32)30-19-9-10-20(28)21(29)14-19/h3-14H,2,15-16H2,1H3,(H,30,32)/b24-13+. The number of nitrogens with zero attached hydrogens (tertiary/aromatic N) is 1. The van der Waals surface area contributed by atoms with Gasteiger partial charge in [-0.3, -0.25) is 19.3 Å². The lowest BCUT2D eigenvalue weighted by atomic mass is 10.1. The van der Waals surface area contributed by atoms with Gasteiger partial charge >= 0.3 is 0 Å². The van der Waals surface area contributed by atoms with E-state index in [4.69, 9.17) is 21.1 Å². The molecule has 10 heteroatoms. The van der Waals surface area contributed by atoms with Crippen molar-refractivity contribution in [1.29, 1.82) is 0 Å². The Morgan fingerprint density at radius 1 is 1.05 bits per heavy atom. The normalized spacial score (nSPS) is 14.2. The van der Waals surface area contributed by atoms with E-state index in [2.05, 4.69) is 21.2 Å². The maximum Gasteiger partial charge on any atom is 0.294 e. The number of benzene rings is 3. The number of hydrogen-bond donors (Lipinski definition) is 1. The Morgan fingerprint density at radius 2 is 1.84 bits per heavy atom.